The lowest BCUT2D eigenvalue weighted by atomic mass is 9.98. The van der Waals surface area contributed by atoms with Crippen LogP contribution in [-0.2, 0) is 9.47 Å². The normalized spacial score (nSPS) is 11.5. The van der Waals surface area contributed by atoms with Crippen molar-refractivity contribution in [3.63, 3.8) is 0 Å². The van der Waals surface area contributed by atoms with Crippen LogP contribution in [0.4, 0.5) is 10.6 Å². The van der Waals surface area contributed by atoms with Crippen molar-refractivity contribution >= 4 is 17.9 Å². The van der Waals surface area contributed by atoms with Gasteiger partial charge in [-0.3, -0.25) is 0 Å². The zero-order chi connectivity index (χ0) is 23.2. The Morgan fingerprint density at radius 3 is 2.42 bits per heavy atom. The summed E-state index contributed by atoms with van der Waals surface area (Å²) in [7, 11) is 1.27. The van der Waals surface area contributed by atoms with E-state index in [-0.39, 0.29) is 23.9 Å². The third-order valence-corrected chi connectivity index (χ3v) is 5.42. The summed E-state index contributed by atoms with van der Waals surface area (Å²) in [6, 6.07) is 17.9. The van der Waals surface area contributed by atoms with Crippen LogP contribution in [0.15, 0.2) is 60.8 Å². The number of amides is 1. The number of hydrogen-bond donors (Lipinski definition) is 2. The van der Waals surface area contributed by atoms with Crippen LogP contribution in [0.3, 0.4) is 0 Å². The number of nitrogens with two attached hydrogens (primary N) is 1. The molecule has 0 spiro atoms. The Labute approximate surface area is 191 Å². The molecule has 3 N–H and O–H groups in total. The largest absolute Gasteiger partial charge is 0.465 e. The van der Waals surface area contributed by atoms with Gasteiger partial charge in [0.05, 0.1) is 7.11 Å². The zero-order valence-corrected chi connectivity index (χ0v) is 18.1. The van der Waals surface area contributed by atoms with E-state index in [4.69, 9.17) is 10.5 Å². The van der Waals surface area contributed by atoms with E-state index in [2.05, 4.69) is 51.1 Å². The minimum absolute atomic E-state index is 0.0185. The number of nitrogens with zero attached hydrogens (tertiary/aromatic N) is 1. The number of ether oxygens (including phenoxy) is 2. The van der Waals surface area contributed by atoms with Crippen molar-refractivity contribution in [1.29, 1.82) is 0 Å². The van der Waals surface area contributed by atoms with Gasteiger partial charge >= 0.3 is 12.1 Å². The molecule has 33 heavy (non-hydrogen) atoms. The van der Waals surface area contributed by atoms with Crippen molar-refractivity contribution in [2.75, 3.05) is 26.0 Å². The molecule has 0 fully saturated rings. The average molecular weight is 441 g/mol. The lowest BCUT2D eigenvalue weighted by Gasteiger charge is -2.14. The lowest BCUT2D eigenvalue weighted by molar-refractivity contribution is 0.0601. The van der Waals surface area contributed by atoms with Crippen molar-refractivity contribution in [1.82, 2.24) is 10.3 Å². The molecule has 3 aromatic rings. The predicted molar refractivity (Wildman–Crippen MR) is 125 cm³/mol. The first-order chi connectivity index (χ1) is 16.1. The minimum atomic E-state index is -0.569. The molecule has 1 aliphatic carbocycles. The second-order valence-corrected chi connectivity index (χ2v) is 7.45. The van der Waals surface area contributed by atoms with Gasteiger partial charge in [0.2, 0.25) is 0 Å². The second kappa shape index (κ2) is 9.88. The monoisotopic (exact) mass is 441 g/mol. The van der Waals surface area contributed by atoms with Gasteiger partial charge in [0.25, 0.3) is 0 Å². The SMILES string of the molecule is COC(=O)c1cc(C#CCCNC(=O)OCC2c3ccccc3-c3ccccc32)cnc1N. The van der Waals surface area contributed by atoms with E-state index in [0.29, 0.717) is 18.5 Å². The smallest absolute Gasteiger partial charge is 0.407 e. The molecule has 1 aromatic heterocycles. The molecule has 166 valence electrons. The summed E-state index contributed by atoms with van der Waals surface area (Å²) in [5.41, 5.74) is 11.1. The number of nitrogen functional groups attached to an aromatic ring is 1. The van der Waals surface area contributed by atoms with Crippen molar-refractivity contribution in [3.05, 3.63) is 83.0 Å². The highest BCUT2D eigenvalue weighted by Crippen LogP contribution is 2.44. The van der Waals surface area contributed by atoms with Gasteiger partial charge in [0, 0.05) is 30.6 Å². The molecule has 0 saturated carbocycles. The molecule has 0 radical (unpaired) electrons. The Morgan fingerprint density at radius 1 is 1.09 bits per heavy atom. The molecular formula is C26H23N3O4. The molecule has 0 saturated heterocycles. The molecule has 0 atom stereocenters. The number of hydrogen-bond acceptors (Lipinski definition) is 6. The molecule has 1 amide bonds. The number of esters is 1. The van der Waals surface area contributed by atoms with Gasteiger partial charge in [-0.15, -0.1) is 0 Å². The highest BCUT2D eigenvalue weighted by Gasteiger charge is 2.28. The number of aromatic nitrogens is 1. The summed E-state index contributed by atoms with van der Waals surface area (Å²) in [5.74, 6) is 5.36. The third kappa shape index (κ3) is 4.80. The van der Waals surface area contributed by atoms with Crippen molar-refractivity contribution in [2.24, 2.45) is 0 Å². The highest BCUT2D eigenvalue weighted by molar-refractivity contribution is 5.94. The summed E-state index contributed by atoms with van der Waals surface area (Å²) in [5, 5.41) is 2.72. The minimum Gasteiger partial charge on any atom is -0.465 e. The van der Waals surface area contributed by atoms with Gasteiger partial charge < -0.3 is 20.5 Å². The number of alkyl carbamates (subject to hydrolysis) is 1. The van der Waals surface area contributed by atoms with Crippen LogP contribution in [0.2, 0.25) is 0 Å². The summed E-state index contributed by atoms with van der Waals surface area (Å²) in [4.78, 5) is 27.8. The van der Waals surface area contributed by atoms with E-state index in [1.54, 1.807) is 0 Å². The summed E-state index contributed by atoms with van der Waals surface area (Å²) < 4.78 is 10.2. The number of carbonyl (C=O) groups excluding carboxylic acids is 2. The summed E-state index contributed by atoms with van der Waals surface area (Å²) >= 11 is 0. The van der Waals surface area contributed by atoms with E-state index in [9.17, 15) is 9.59 Å². The van der Waals surface area contributed by atoms with Crippen LogP contribution >= 0.6 is 0 Å². The first-order valence-corrected chi connectivity index (χ1v) is 10.5. The highest BCUT2D eigenvalue weighted by atomic mass is 16.5. The van der Waals surface area contributed by atoms with Gasteiger partial charge in [0.15, 0.2) is 0 Å². The Morgan fingerprint density at radius 2 is 1.76 bits per heavy atom. The first-order valence-electron chi connectivity index (χ1n) is 10.5. The van der Waals surface area contributed by atoms with Crippen LogP contribution < -0.4 is 11.1 Å². The van der Waals surface area contributed by atoms with Crippen LogP contribution in [0.5, 0.6) is 0 Å². The van der Waals surface area contributed by atoms with E-state index in [1.807, 2.05) is 24.3 Å². The van der Waals surface area contributed by atoms with E-state index >= 15 is 0 Å². The Bertz CT molecular complexity index is 1210. The number of benzene rings is 2. The van der Waals surface area contributed by atoms with Gasteiger partial charge in [0.1, 0.15) is 18.0 Å². The maximum Gasteiger partial charge on any atom is 0.407 e. The molecule has 1 aliphatic rings. The fourth-order valence-electron chi connectivity index (χ4n) is 3.86. The average Bonchev–Trinajstić information content (AvgIpc) is 3.16. The number of fused-ring (bicyclic) bond motifs is 3. The molecule has 7 heteroatoms. The second-order valence-electron chi connectivity index (χ2n) is 7.45. The molecule has 7 nitrogen and oxygen atoms in total. The fourth-order valence-corrected chi connectivity index (χ4v) is 3.86. The maximum absolute atomic E-state index is 12.2. The zero-order valence-electron chi connectivity index (χ0n) is 18.1. The quantitative estimate of drug-likeness (QED) is 0.355. The van der Waals surface area contributed by atoms with Crippen molar-refractivity contribution in [2.45, 2.75) is 12.3 Å². The molecule has 1 heterocycles. The van der Waals surface area contributed by atoms with Crippen LogP contribution in [0, 0.1) is 11.8 Å². The number of anilines is 1. The Hall–Kier alpha value is -4.31. The summed E-state index contributed by atoms with van der Waals surface area (Å²) in [6.45, 7) is 0.592. The topological polar surface area (TPSA) is 104 Å². The first kappa shape index (κ1) is 21.9. The molecule has 2 aromatic carbocycles. The van der Waals surface area contributed by atoms with E-state index in [0.717, 1.165) is 0 Å². The maximum atomic E-state index is 12.2. The molecular weight excluding hydrogens is 418 g/mol. The number of nitrogens with one attached hydrogen (secondary N) is 1. The van der Waals surface area contributed by atoms with Crippen LogP contribution in [0.1, 0.15) is 39.4 Å². The molecule has 0 unspecified atom stereocenters. The van der Waals surface area contributed by atoms with Crippen molar-refractivity contribution < 1.29 is 19.1 Å². The molecule has 0 bridgehead atoms. The van der Waals surface area contributed by atoms with Gasteiger partial charge in [-0.1, -0.05) is 60.4 Å². The third-order valence-electron chi connectivity index (χ3n) is 5.42. The number of rotatable bonds is 5. The standard InChI is InChI=1S/C26H23N3O4/c1-32-25(30)22-14-17(15-29-24(22)27)8-6-7-13-28-26(31)33-16-23-20-11-4-2-9-18(20)19-10-3-5-12-21(19)23/h2-5,9-12,14-15,23H,7,13,16H2,1H3,(H2,27,29)(H,28,31). The van der Waals surface area contributed by atoms with Gasteiger partial charge in [-0.25, -0.2) is 14.6 Å². The number of carbonyl (C=O) groups is 2. The summed E-state index contributed by atoms with van der Waals surface area (Å²) in [6.07, 6.45) is 1.40. The van der Waals surface area contributed by atoms with Gasteiger partial charge in [-0.2, -0.15) is 0 Å². The number of methoxy groups -OCH3 is 1. The number of pyridine rings is 1. The van der Waals surface area contributed by atoms with Crippen LogP contribution in [-0.4, -0.2) is 37.3 Å². The lowest BCUT2D eigenvalue weighted by Crippen LogP contribution is -2.26. The van der Waals surface area contributed by atoms with E-state index in [1.165, 1.54) is 41.6 Å². The fraction of sp³-hybridized carbons (Fsp3) is 0.192. The van der Waals surface area contributed by atoms with E-state index < -0.39 is 12.1 Å². The van der Waals surface area contributed by atoms with Gasteiger partial charge in [-0.05, 0) is 28.3 Å². The predicted octanol–water partition coefficient (Wildman–Crippen LogP) is 3.73. The Balaban J connectivity index is 1.28. The molecule has 0 aliphatic heterocycles. The Kier molecular flexibility index (Phi) is 6.56. The van der Waals surface area contributed by atoms with Crippen molar-refractivity contribution in [3.8, 4) is 23.0 Å². The molecule has 4 rings (SSSR count). The van der Waals surface area contributed by atoms with Crippen LogP contribution in [0.25, 0.3) is 11.1 Å².